The van der Waals surface area contributed by atoms with Crippen molar-refractivity contribution in [3.05, 3.63) is 0 Å². The Morgan fingerprint density at radius 2 is 2.00 bits per heavy atom. The van der Waals surface area contributed by atoms with Crippen molar-refractivity contribution in [1.82, 2.24) is 0 Å². The maximum Gasteiger partial charge on any atom is 0.339 e. The van der Waals surface area contributed by atoms with E-state index in [-0.39, 0.29) is 17.4 Å². The molecule has 0 unspecified atom stereocenters. The summed E-state index contributed by atoms with van der Waals surface area (Å²) in [6, 6.07) is 0. The van der Waals surface area contributed by atoms with E-state index in [1.54, 1.807) is 0 Å². The number of hydrogen-bond acceptors (Lipinski definition) is 3. The molecule has 0 saturated heterocycles. The summed E-state index contributed by atoms with van der Waals surface area (Å²) in [5.74, 6) is -0.690. The molecular formula is C2H4CrO3. The van der Waals surface area contributed by atoms with Gasteiger partial charge in [0, 0.05) is 24.3 Å². The van der Waals surface area contributed by atoms with Crippen LogP contribution in [0.1, 0.15) is 6.92 Å². The van der Waals surface area contributed by atoms with Crippen molar-refractivity contribution in [2.75, 3.05) is 0 Å². The molecule has 0 aliphatic heterocycles. The molecule has 0 aromatic heterocycles. The van der Waals surface area contributed by atoms with Crippen molar-refractivity contribution < 1.29 is 32.3 Å². The van der Waals surface area contributed by atoms with Gasteiger partial charge in [-0.2, -0.15) is 5.26 Å². The quantitative estimate of drug-likeness (QED) is 0.369. The van der Waals surface area contributed by atoms with Gasteiger partial charge in [-0.1, -0.05) is 0 Å². The Hall–Kier alpha value is -0.0375. The average Bonchev–Trinajstić information content (AvgIpc) is 1.38. The van der Waals surface area contributed by atoms with Gasteiger partial charge in [-0.05, 0) is 0 Å². The maximum atomic E-state index is 9.34. The molecule has 0 amide bonds. The first kappa shape index (κ1) is 9.35. The average molecular weight is 128 g/mol. The molecule has 4 heteroatoms. The Morgan fingerprint density at radius 1 is 1.83 bits per heavy atom. The third kappa shape index (κ3) is 9.03. The van der Waals surface area contributed by atoms with Gasteiger partial charge in [-0.3, -0.25) is 0 Å². The molecule has 0 saturated carbocycles. The molecule has 0 rings (SSSR count). The van der Waals surface area contributed by atoms with E-state index in [1.807, 2.05) is 0 Å². The Labute approximate surface area is 46.0 Å². The third-order valence-corrected chi connectivity index (χ3v) is 0.129. The molecule has 0 atom stereocenters. The number of carbonyl (C=O) groups is 1. The summed E-state index contributed by atoms with van der Waals surface area (Å²) in [7, 11) is 0. The van der Waals surface area contributed by atoms with Gasteiger partial charge in [0.1, 0.15) is 0 Å². The van der Waals surface area contributed by atoms with E-state index >= 15 is 0 Å². The second kappa shape index (κ2) is 4.96. The molecule has 0 aromatic rings. The van der Waals surface area contributed by atoms with Gasteiger partial charge in [0.25, 0.3) is 0 Å². The summed E-state index contributed by atoms with van der Waals surface area (Å²) >= 11 is 0. The first-order valence-electron chi connectivity index (χ1n) is 1.09. The van der Waals surface area contributed by atoms with Crippen molar-refractivity contribution in [3.8, 4) is 0 Å². The van der Waals surface area contributed by atoms with E-state index in [0.717, 1.165) is 6.92 Å². The standard InChI is InChI=1S/C2H4O3.Cr/c1-2(3)5-4;/h4H,1H3;. The summed E-state index contributed by atoms with van der Waals surface area (Å²) < 4.78 is 0. The predicted octanol–water partition coefficient (Wildman–Crippen LogP) is 0.0200. The molecule has 0 aromatic carbocycles. The van der Waals surface area contributed by atoms with E-state index in [9.17, 15) is 4.79 Å². The van der Waals surface area contributed by atoms with Crippen molar-refractivity contribution in [2.24, 2.45) is 0 Å². The first-order chi connectivity index (χ1) is 2.27. The summed E-state index contributed by atoms with van der Waals surface area (Å²) in [6.45, 7) is 1.11. The zero-order valence-electron chi connectivity index (χ0n) is 3.17. The zero-order chi connectivity index (χ0) is 4.28. The summed E-state index contributed by atoms with van der Waals surface area (Å²) in [5.41, 5.74) is 0. The van der Waals surface area contributed by atoms with E-state index in [0.29, 0.717) is 0 Å². The molecule has 36 valence electrons. The predicted molar refractivity (Wildman–Crippen MR) is 14.4 cm³/mol. The summed E-state index contributed by atoms with van der Waals surface area (Å²) in [6.07, 6.45) is 0. The van der Waals surface area contributed by atoms with E-state index in [2.05, 4.69) is 4.89 Å². The van der Waals surface area contributed by atoms with Crippen LogP contribution in [0, 0.1) is 0 Å². The number of carbonyl (C=O) groups excluding carboxylic acids is 1. The topological polar surface area (TPSA) is 46.5 Å². The molecule has 6 heavy (non-hydrogen) atoms. The fourth-order valence-corrected chi connectivity index (χ4v) is 0. The zero-order valence-corrected chi connectivity index (χ0v) is 4.45. The van der Waals surface area contributed by atoms with Crippen LogP contribution in [0.3, 0.4) is 0 Å². The first-order valence-corrected chi connectivity index (χ1v) is 1.09. The maximum absolute atomic E-state index is 9.34. The Morgan fingerprint density at radius 3 is 2.00 bits per heavy atom. The van der Waals surface area contributed by atoms with E-state index in [1.165, 1.54) is 0 Å². The van der Waals surface area contributed by atoms with Gasteiger partial charge < -0.3 is 4.89 Å². The van der Waals surface area contributed by atoms with Crippen molar-refractivity contribution in [3.63, 3.8) is 0 Å². The largest absolute Gasteiger partial charge is 0.339 e. The van der Waals surface area contributed by atoms with Crippen molar-refractivity contribution in [1.29, 1.82) is 0 Å². The van der Waals surface area contributed by atoms with E-state index < -0.39 is 5.97 Å². The van der Waals surface area contributed by atoms with Crippen LogP contribution < -0.4 is 0 Å². The fraction of sp³-hybridized carbons (Fsp3) is 0.500. The summed E-state index contributed by atoms with van der Waals surface area (Å²) in [4.78, 5) is 12.5. The number of rotatable bonds is 0. The molecule has 3 nitrogen and oxygen atoms in total. The van der Waals surface area contributed by atoms with Crippen molar-refractivity contribution in [2.45, 2.75) is 6.92 Å². The van der Waals surface area contributed by atoms with Crippen LogP contribution in [-0.2, 0) is 27.0 Å². The monoisotopic (exact) mass is 128 g/mol. The summed E-state index contributed by atoms with van der Waals surface area (Å²) in [5, 5.41) is 7.29. The van der Waals surface area contributed by atoms with Crippen LogP contribution in [0.4, 0.5) is 0 Å². The molecule has 0 aliphatic carbocycles. The van der Waals surface area contributed by atoms with Gasteiger partial charge in [0.15, 0.2) is 0 Å². The molecule has 0 spiro atoms. The minimum atomic E-state index is -0.690. The molecule has 0 fully saturated rings. The fourth-order valence-electron chi connectivity index (χ4n) is 0. The van der Waals surface area contributed by atoms with Gasteiger partial charge in [0.05, 0.1) is 0 Å². The second-order valence-electron chi connectivity index (χ2n) is 0.583. The van der Waals surface area contributed by atoms with E-state index in [4.69, 9.17) is 5.26 Å². The van der Waals surface area contributed by atoms with Crippen LogP contribution >= 0.6 is 0 Å². The molecule has 0 bridgehead atoms. The Kier molecular flexibility index (Phi) is 7.73. The van der Waals surface area contributed by atoms with Crippen LogP contribution in [-0.4, -0.2) is 11.2 Å². The third-order valence-electron chi connectivity index (χ3n) is 0.129. The van der Waals surface area contributed by atoms with Gasteiger partial charge in [-0.25, -0.2) is 4.79 Å². The Balaban J connectivity index is 0. The molecule has 1 N–H and O–H groups in total. The van der Waals surface area contributed by atoms with Crippen LogP contribution in [0.25, 0.3) is 0 Å². The molecule has 0 heterocycles. The minimum Gasteiger partial charge on any atom is -0.301 e. The van der Waals surface area contributed by atoms with Crippen LogP contribution in [0.15, 0.2) is 0 Å². The SMILES string of the molecule is CC(=O)OO.[Cr]. The van der Waals surface area contributed by atoms with Gasteiger partial charge in [0.2, 0.25) is 0 Å². The molecule has 0 aliphatic rings. The Bertz CT molecular complexity index is 44.1. The van der Waals surface area contributed by atoms with Crippen molar-refractivity contribution >= 4 is 5.97 Å². The van der Waals surface area contributed by atoms with Gasteiger partial charge in [-0.15, -0.1) is 0 Å². The second-order valence-corrected chi connectivity index (χ2v) is 0.583. The minimum absolute atomic E-state index is 0. The number of hydrogen-bond donors (Lipinski definition) is 1. The van der Waals surface area contributed by atoms with Gasteiger partial charge >= 0.3 is 5.97 Å². The molecular weight excluding hydrogens is 124 g/mol. The van der Waals surface area contributed by atoms with Crippen LogP contribution in [0.2, 0.25) is 0 Å². The molecule has 0 radical (unpaired) electrons. The smallest absolute Gasteiger partial charge is 0.301 e. The van der Waals surface area contributed by atoms with Crippen LogP contribution in [0.5, 0.6) is 0 Å². The normalized spacial score (nSPS) is 5.67.